The maximum absolute atomic E-state index is 12.9. The summed E-state index contributed by atoms with van der Waals surface area (Å²) in [4.78, 5) is 0. The summed E-state index contributed by atoms with van der Waals surface area (Å²) in [5.74, 6) is 0.753. The lowest BCUT2D eigenvalue weighted by Crippen LogP contribution is -1.98. The molecule has 1 nitrogen and oxygen atoms in total. The average Bonchev–Trinajstić information content (AvgIpc) is 2.27. The van der Waals surface area contributed by atoms with Crippen molar-refractivity contribution in [3.63, 3.8) is 0 Å². The van der Waals surface area contributed by atoms with Crippen molar-refractivity contribution in [3.05, 3.63) is 66.7 Å². The van der Waals surface area contributed by atoms with Gasteiger partial charge < -0.3 is 4.74 Å². The number of hydrogen-bond donors (Lipinski definition) is 0. The van der Waals surface area contributed by atoms with E-state index >= 15 is 0 Å². The molecule has 84 valence electrons. The Morgan fingerprint density at radius 1 is 1.50 bits per heavy atom. The first-order chi connectivity index (χ1) is 7.67. The quantitative estimate of drug-likeness (QED) is 0.530. The lowest BCUT2D eigenvalue weighted by molar-refractivity contribution is 0.430. The third kappa shape index (κ3) is 3.39. The second-order valence-corrected chi connectivity index (χ2v) is 3.28. The second-order valence-electron chi connectivity index (χ2n) is 3.28. The highest BCUT2D eigenvalue weighted by atomic mass is 19.1. The Kier molecular flexibility index (Phi) is 4.52. The largest absolute Gasteiger partial charge is 0.457 e. The predicted octanol–water partition coefficient (Wildman–Crippen LogP) is 4.24. The maximum atomic E-state index is 12.9. The van der Waals surface area contributed by atoms with Crippen molar-refractivity contribution in [1.82, 2.24) is 0 Å². The monoisotopic (exact) mass is 218 g/mol. The van der Waals surface area contributed by atoms with Crippen LogP contribution in [0.3, 0.4) is 0 Å². The maximum Gasteiger partial charge on any atom is 0.130 e. The van der Waals surface area contributed by atoms with Crippen LogP contribution < -0.4 is 4.74 Å². The number of benzene rings is 1. The molecule has 0 amide bonds. The van der Waals surface area contributed by atoms with E-state index < -0.39 is 0 Å². The molecule has 1 rings (SSSR count). The summed E-state index contributed by atoms with van der Waals surface area (Å²) in [5.41, 5.74) is 0.851. The minimum absolute atomic E-state index is 0.322. The minimum atomic E-state index is -0.322. The van der Waals surface area contributed by atoms with Gasteiger partial charge in [-0.2, -0.15) is 0 Å². The summed E-state index contributed by atoms with van der Waals surface area (Å²) < 4.78 is 18.5. The zero-order valence-electron chi connectivity index (χ0n) is 9.37. The average molecular weight is 218 g/mol. The second kappa shape index (κ2) is 5.91. The molecule has 0 spiro atoms. The van der Waals surface area contributed by atoms with Crippen LogP contribution in [0, 0.1) is 5.82 Å². The molecule has 0 aromatic heterocycles. The van der Waals surface area contributed by atoms with Crippen LogP contribution in [-0.4, -0.2) is 0 Å². The molecule has 0 saturated carbocycles. The van der Waals surface area contributed by atoms with Crippen molar-refractivity contribution >= 4 is 0 Å². The van der Waals surface area contributed by atoms with Gasteiger partial charge in [-0.3, -0.25) is 0 Å². The molecule has 0 aliphatic heterocycles. The van der Waals surface area contributed by atoms with E-state index in [4.69, 9.17) is 4.74 Å². The van der Waals surface area contributed by atoms with Gasteiger partial charge >= 0.3 is 0 Å². The fourth-order valence-electron chi connectivity index (χ4n) is 1.16. The summed E-state index contributed by atoms with van der Waals surface area (Å²) in [6.07, 6.45) is 4.11. The van der Waals surface area contributed by atoms with Crippen LogP contribution in [0.15, 0.2) is 60.9 Å². The molecule has 0 aliphatic rings. The van der Waals surface area contributed by atoms with E-state index in [2.05, 4.69) is 13.2 Å². The summed E-state index contributed by atoms with van der Waals surface area (Å²) in [5, 5.41) is 0. The summed E-state index contributed by atoms with van der Waals surface area (Å²) in [7, 11) is 0. The van der Waals surface area contributed by atoms with E-state index in [0.717, 1.165) is 12.0 Å². The highest BCUT2D eigenvalue weighted by Crippen LogP contribution is 2.20. The molecule has 0 radical (unpaired) electrons. The number of halogens is 1. The van der Waals surface area contributed by atoms with Crippen molar-refractivity contribution in [2.75, 3.05) is 0 Å². The first-order valence-corrected chi connectivity index (χ1v) is 5.11. The molecule has 0 fully saturated rings. The van der Waals surface area contributed by atoms with E-state index in [1.165, 1.54) is 12.1 Å². The van der Waals surface area contributed by atoms with Crippen LogP contribution in [0.2, 0.25) is 0 Å². The van der Waals surface area contributed by atoms with E-state index in [0.29, 0.717) is 11.5 Å². The fraction of sp³-hybridized carbons (Fsp3) is 0.143. The Morgan fingerprint density at radius 2 is 2.25 bits per heavy atom. The van der Waals surface area contributed by atoms with Gasteiger partial charge in [0.1, 0.15) is 17.3 Å². The highest BCUT2D eigenvalue weighted by Gasteiger charge is 2.03. The van der Waals surface area contributed by atoms with Crippen LogP contribution in [0.4, 0.5) is 4.39 Å². The van der Waals surface area contributed by atoms with E-state index in [9.17, 15) is 4.39 Å². The van der Waals surface area contributed by atoms with Crippen molar-refractivity contribution in [2.45, 2.75) is 13.3 Å². The summed E-state index contributed by atoms with van der Waals surface area (Å²) in [6, 6.07) is 6.01. The van der Waals surface area contributed by atoms with Gasteiger partial charge in [-0.05, 0) is 30.2 Å². The number of ether oxygens (including phenoxy) is 1. The Labute approximate surface area is 95.6 Å². The molecular weight excluding hydrogens is 203 g/mol. The zero-order chi connectivity index (χ0) is 12.0. The van der Waals surface area contributed by atoms with Gasteiger partial charge in [-0.1, -0.05) is 32.2 Å². The predicted molar refractivity (Wildman–Crippen MR) is 64.7 cm³/mol. The number of allylic oxidation sites excluding steroid dienone is 3. The van der Waals surface area contributed by atoms with Gasteiger partial charge in [0.05, 0.1) is 0 Å². The van der Waals surface area contributed by atoms with E-state index in [1.54, 1.807) is 24.3 Å². The van der Waals surface area contributed by atoms with Crippen LogP contribution in [-0.2, 0) is 0 Å². The lowest BCUT2D eigenvalue weighted by Gasteiger charge is -2.10. The highest BCUT2D eigenvalue weighted by molar-refractivity contribution is 5.32. The standard InChI is InChI=1S/C14H15FO/c1-4-7-14(11(3)5-2)16-13-9-6-8-12(15)10-13/h4,6-10H,1,3,5H2,2H3/b14-7+. The fourth-order valence-corrected chi connectivity index (χ4v) is 1.16. The first-order valence-electron chi connectivity index (χ1n) is 5.11. The Hall–Kier alpha value is -1.83. The zero-order valence-corrected chi connectivity index (χ0v) is 9.37. The van der Waals surface area contributed by atoms with Crippen LogP contribution >= 0.6 is 0 Å². The van der Waals surface area contributed by atoms with Crippen molar-refractivity contribution in [2.24, 2.45) is 0 Å². The van der Waals surface area contributed by atoms with Crippen LogP contribution in [0.1, 0.15) is 13.3 Å². The van der Waals surface area contributed by atoms with Crippen molar-refractivity contribution in [1.29, 1.82) is 0 Å². The van der Waals surface area contributed by atoms with Crippen LogP contribution in [0.25, 0.3) is 0 Å². The molecule has 1 aromatic carbocycles. The van der Waals surface area contributed by atoms with Gasteiger partial charge in [-0.25, -0.2) is 4.39 Å². The molecule has 0 heterocycles. The molecular formula is C14H15FO. The van der Waals surface area contributed by atoms with E-state index in [-0.39, 0.29) is 5.82 Å². The Morgan fingerprint density at radius 3 is 2.81 bits per heavy atom. The molecule has 0 N–H and O–H groups in total. The molecule has 0 aliphatic carbocycles. The third-order valence-electron chi connectivity index (χ3n) is 2.07. The van der Waals surface area contributed by atoms with E-state index in [1.807, 2.05) is 6.92 Å². The van der Waals surface area contributed by atoms with Gasteiger partial charge in [0.2, 0.25) is 0 Å². The molecule has 2 heteroatoms. The minimum Gasteiger partial charge on any atom is -0.457 e. The van der Waals surface area contributed by atoms with Crippen molar-refractivity contribution in [3.8, 4) is 5.75 Å². The SMILES string of the molecule is C=C/C=C(/Oc1cccc(F)c1)C(=C)CC. The Bertz CT molecular complexity index is 418. The molecule has 0 atom stereocenters. The van der Waals surface area contributed by atoms with Gasteiger partial charge in [0, 0.05) is 6.07 Å². The van der Waals surface area contributed by atoms with Gasteiger partial charge in [-0.15, -0.1) is 0 Å². The molecule has 16 heavy (non-hydrogen) atoms. The Balaban J connectivity index is 2.88. The molecule has 1 aromatic rings. The molecule has 0 saturated heterocycles. The summed E-state index contributed by atoms with van der Waals surface area (Å²) in [6.45, 7) is 9.46. The van der Waals surface area contributed by atoms with Gasteiger partial charge in [0.25, 0.3) is 0 Å². The summed E-state index contributed by atoms with van der Waals surface area (Å²) >= 11 is 0. The topological polar surface area (TPSA) is 9.23 Å². The first kappa shape index (κ1) is 12.2. The molecule has 0 unspecified atom stereocenters. The molecule has 0 bridgehead atoms. The third-order valence-corrected chi connectivity index (χ3v) is 2.07. The number of hydrogen-bond acceptors (Lipinski definition) is 1. The smallest absolute Gasteiger partial charge is 0.130 e. The van der Waals surface area contributed by atoms with Crippen molar-refractivity contribution < 1.29 is 9.13 Å². The van der Waals surface area contributed by atoms with Gasteiger partial charge in [0.15, 0.2) is 0 Å². The number of rotatable bonds is 5. The lowest BCUT2D eigenvalue weighted by atomic mass is 10.2. The normalized spacial score (nSPS) is 11.0. The van der Waals surface area contributed by atoms with Crippen LogP contribution in [0.5, 0.6) is 5.75 Å².